The molecule has 0 unspecified atom stereocenters. The van der Waals surface area contributed by atoms with E-state index in [-0.39, 0.29) is 18.1 Å². The normalized spacial score (nSPS) is 10.0. The number of carbonyl (C=O) groups is 1. The molecule has 0 aliphatic rings. The Balaban J connectivity index is 2.30. The van der Waals surface area contributed by atoms with E-state index < -0.39 is 5.97 Å². The van der Waals surface area contributed by atoms with Crippen LogP contribution in [0.5, 0.6) is 5.88 Å². The predicted molar refractivity (Wildman–Crippen MR) is 90.9 cm³/mol. The Hall–Kier alpha value is -3.13. The van der Waals surface area contributed by atoms with E-state index in [0.717, 1.165) is 28.8 Å². The van der Waals surface area contributed by atoms with Gasteiger partial charge in [-0.1, -0.05) is 31.7 Å². The van der Waals surface area contributed by atoms with Gasteiger partial charge in [0.15, 0.2) is 0 Å². The molecule has 0 radical (unpaired) electrons. The number of aromatic carboxylic acids is 1. The largest absolute Gasteiger partial charge is 0.478 e. The van der Waals surface area contributed by atoms with Crippen LogP contribution < -0.4 is 4.74 Å². The van der Waals surface area contributed by atoms with Gasteiger partial charge in [-0.15, -0.1) is 0 Å². The van der Waals surface area contributed by atoms with E-state index in [1.807, 2.05) is 13.8 Å². The third-order valence-corrected chi connectivity index (χ3v) is 3.78. The van der Waals surface area contributed by atoms with Gasteiger partial charge in [0.1, 0.15) is 18.2 Å². The summed E-state index contributed by atoms with van der Waals surface area (Å²) in [5, 5.41) is 18.3. The Labute approximate surface area is 140 Å². The minimum absolute atomic E-state index is 0.199. The molecule has 0 bridgehead atoms. The SMILES string of the molecule is C=Cc1c(C)c(CC)nc(OCc2ccc(C(=O)O)cc2)c1C#N. The number of nitriles is 1. The van der Waals surface area contributed by atoms with E-state index in [2.05, 4.69) is 17.6 Å². The summed E-state index contributed by atoms with van der Waals surface area (Å²) < 4.78 is 5.73. The molecule has 122 valence electrons. The third-order valence-electron chi connectivity index (χ3n) is 3.78. The lowest BCUT2D eigenvalue weighted by Gasteiger charge is -2.14. The van der Waals surface area contributed by atoms with Crippen LogP contribution in [0, 0.1) is 18.3 Å². The Morgan fingerprint density at radius 3 is 2.58 bits per heavy atom. The monoisotopic (exact) mass is 322 g/mol. The lowest BCUT2D eigenvalue weighted by molar-refractivity contribution is 0.0697. The second-order valence-electron chi connectivity index (χ2n) is 5.24. The Kier molecular flexibility index (Phi) is 5.33. The van der Waals surface area contributed by atoms with Crippen molar-refractivity contribution >= 4 is 12.0 Å². The number of pyridine rings is 1. The van der Waals surface area contributed by atoms with Gasteiger partial charge in [0.05, 0.1) is 5.56 Å². The fourth-order valence-corrected chi connectivity index (χ4v) is 2.43. The highest BCUT2D eigenvalue weighted by Gasteiger charge is 2.16. The number of carboxylic acids is 1. The van der Waals surface area contributed by atoms with Crippen LogP contribution >= 0.6 is 0 Å². The summed E-state index contributed by atoms with van der Waals surface area (Å²) in [7, 11) is 0. The molecule has 0 aliphatic heterocycles. The molecule has 0 saturated carbocycles. The molecule has 5 nitrogen and oxygen atoms in total. The van der Waals surface area contributed by atoms with E-state index in [4.69, 9.17) is 9.84 Å². The Bertz CT molecular complexity index is 818. The minimum Gasteiger partial charge on any atom is -0.478 e. The molecular weight excluding hydrogens is 304 g/mol. The first-order valence-corrected chi connectivity index (χ1v) is 7.52. The van der Waals surface area contributed by atoms with Crippen molar-refractivity contribution in [2.24, 2.45) is 0 Å². The van der Waals surface area contributed by atoms with Crippen LogP contribution in [0.1, 0.15) is 45.2 Å². The summed E-state index contributed by atoms with van der Waals surface area (Å²) in [6.45, 7) is 7.87. The van der Waals surface area contributed by atoms with Crippen LogP contribution in [-0.4, -0.2) is 16.1 Å². The van der Waals surface area contributed by atoms with Gasteiger partial charge in [0, 0.05) is 11.3 Å². The van der Waals surface area contributed by atoms with Crippen molar-refractivity contribution < 1.29 is 14.6 Å². The number of hydrogen-bond donors (Lipinski definition) is 1. The molecule has 1 aromatic heterocycles. The lowest BCUT2D eigenvalue weighted by atomic mass is 10.0. The maximum absolute atomic E-state index is 10.9. The molecule has 1 N–H and O–H groups in total. The molecule has 2 aromatic rings. The number of benzene rings is 1. The van der Waals surface area contributed by atoms with Gasteiger partial charge in [-0.25, -0.2) is 9.78 Å². The first-order chi connectivity index (χ1) is 11.5. The van der Waals surface area contributed by atoms with Crippen LogP contribution in [0.4, 0.5) is 0 Å². The summed E-state index contributed by atoms with van der Waals surface area (Å²) in [6.07, 6.45) is 2.37. The van der Waals surface area contributed by atoms with Crippen molar-refractivity contribution in [1.82, 2.24) is 4.98 Å². The molecule has 24 heavy (non-hydrogen) atoms. The molecule has 2 rings (SSSR count). The second kappa shape index (κ2) is 7.42. The molecule has 0 aliphatic carbocycles. The number of aromatic nitrogens is 1. The zero-order valence-corrected chi connectivity index (χ0v) is 13.7. The highest BCUT2D eigenvalue weighted by Crippen LogP contribution is 2.27. The van der Waals surface area contributed by atoms with E-state index in [1.165, 1.54) is 12.1 Å². The van der Waals surface area contributed by atoms with Crippen molar-refractivity contribution in [3.8, 4) is 11.9 Å². The maximum atomic E-state index is 10.9. The molecule has 0 amide bonds. The fraction of sp³-hybridized carbons (Fsp3) is 0.211. The average Bonchev–Trinajstić information content (AvgIpc) is 2.60. The highest BCUT2D eigenvalue weighted by molar-refractivity contribution is 5.87. The number of carboxylic acid groups (broad SMARTS) is 1. The van der Waals surface area contributed by atoms with Crippen molar-refractivity contribution in [3.05, 3.63) is 64.4 Å². The van der Waals surface area contributed by atoms with Crippen LogP contribution in [0.15, 0.2) is 30.8 Å². The molecular formula is C19H18N2O3. The zero-order valence-electron chi connectivity index (χ0n) is 13.7. The third kappa shape index (κ3) is 3.44. The molecule has 0 spiro atoms. The van der Waals surface area contributed by atoms with E-state index in [0.29, 0.717) is 5.56 Å². The number of ether oxygens (including phenoxy) is 1. The lowest BCUT2D eigenvalue weighted by Crippen LogP contribution is -2.06. The van der Waals surface area contributed by atoms with Crippen LogP contribution in [0.25, 0.3) is 6.08 Å². The Morgan fingerprint density at radius 2 is 2.08 bits per heavy atom. The van der Waals surface area contributed by atoms with Crippen LogP contribution in [0.3, 0.4) is 0 Å². The van der Waals surface area contributed by atoms with Crippen molar-refractivity contribution in [1.29, 1.82) is 5.26 Å². The van der Waals surface area contributed by atoms with Crippen LogP contribution in [0.2, 0.25) is 0 Å². The predicted octanol–water partition coefficient (Wildman–Crippen LogP) is 3.74. The maximum Gasteiger partial charge on any atom is 0.335 e. The smallest absolute Gasteiger partial charge is 0.335 e. The molecule has 1 heterocycles. The number of hydrogen-bond acceptors (Lipinski definition) is 4. The van der Waals surface area contributed by atoms with E-state index in [1.54, 1.807) is 18.2 Å². The summed E-state index contributed by atoms with van der Waals surface area (Å²) in [5.41, 5.74) is 3.90. The molecule has 5 heteroatoms. The van der Waals surface area contributed by atoms with Crippen molar-refractivity contribution in [3.63, 3.8) is 0 Å². The summed E-state index contributed by atoms with van der Waals surface area (Å²) in [5.74, 6) is -0.699. The number of rotatable bonds is 6. The molecule has 1 aromatic carbocycles. The quantitative estimate of drug-likeness (QED) is 0.876. The van der Waals surface area contributed by atoms with Crippen molar-refractivity contribution in [2.75, 3.05) is 0 Å². The summed E-state index contributed by atoms with van der Waals surface area (Å²) in [4.78, 5) is 15.3. The molecule has 0 fully saturated rings. The number of nitrogens with zero attached hydrogens (tertiary/aromatic N) is 2. The summed E-state index contributed by atoms with van der Waals surface area (Å²) in [6, 6.07) is 8.52. The summed E-state index contributed by atoms with van der Waals surface area (Å²) >= 11 is 0. The number of aryl methyl sites for hydroxylation is 1. The van der Waals surface area contributed by atoms with Gasteiger partial charge in [0.25, 0.3) is 0 Å². The first-order valence-electron chi connectivity index (χ1n) is 7.52. The Morgan fingerprint density at radius 1 is 1.42 bits per heavy atom. The zero-order chi connectivity index (χ0) is 17.7. The molecule has 0 atom stereocenters. The highest BCUT2D eigenvalue weighted by atomic mass is 16.5. The van der Waals surface area contributed by atoms with Gasteiger partial charge in [0.2, 0.25) is 5.88 Å². The topological polar surface area (TPSA) is 83.2 Å². The molecule has 0 saturated heterocycles. The van der Waals surface area contributed by atoms with Gasteiger partial charge in [-0.3, -0.25) is 0 Å². The second-order valence-corrected chi connectivity index (χ2v) is 5.24. The van der Waals surface area contributed by atoms with Crippen LogP contribution in [-0.2, 0) is 13.0 Å². The van der Waals surface area contributed by atoms with E-state index >= 15 is 0 Å². The first kappa shape index (κ1) is 17.2. The minimum atomic E-state index is -0.974. The standard InChI is InChI=1S/C19H18N2O3/c1-4-15-12(3)17(5-2)21-18(16(15)10-20)24-11-13-6-8-14(9-7-13)19(22)23/h4,6-9H,1,5,11H2,2-3H3,(H,22,23). The van der Waals surface area contributed by atoms with E-state index in [9.17, 15) is 10.1 Å². The van der Waals surface area contributed by atoms with Gasteiger partial charge < -0.3 is 9.84 Å². The fourth-order valence-electron chi connectivity index (χ4n) is 2.43. The van der Waals surface area contributed by atoms with Gasteiger partial charge >= 0.3 is 5.97 Å². The van der Waals surface area contributed by atoms with Gasteiger partial charge in [-0.05, 0) is 36.6 Å². The van der Waals surface area contributed by atoms with Crippen molar-refractivity contribution in [2.45, 2.75) is 26.9 Å². The van der Waals surface area contributed by atoms with Gasteiger partial charge in [-0.2, -0.15) is 5.26 Å². The average molecular weight is 322 g/mol.